The third kappa shape index (κ3) is 1.31. The van der Waals surface area contributed by atoms with Crippen LogP contribution in [0.4, 0.5) is 0 Å². The minimum Gasteiger partial charge on any atom is -0.136 e. The molecular weight excluding hydrogens is 176 g/mol. The second kappa shape index (κ2) is 3.19. The highest BCUT2D eigenvalue weighted by Gasteiger charge is 1.96. The highest BCUT2D eigenvalue weighted by Crippen LogP contribution is 2.11. The van der Waals surface area contributed by atoms with E-state index in [-0.39, 0.29) is 0 Å². The molecule has 0 fully saturated rings. The summed E-state index contributed by atoms with van der Waals surface area (Å²) in [6, 6.07) is 8.34. The number of thiophene rings is 1. The van der Waals surface area contributed by atoms with E-state index >= 15 is 0 Å². The number of allylic oxidation sites excluding steroid dienone is 1. The van der Waals surface area contributed by atoms with Crippen LogP contribution in [0.3, 0.4) is 0 Å². The summed E-state index contributed by atoms with van der Waals surface area (Å²) in [6.45, 7) is 7.72. The van der Waals surface area contributed by atoms with Gasteiger partial charge < -0.3 is 0 Å². The van der Waals surface area contributed by atoms with E-state index in [9.17, 15) is 0 Å². The Balaban J connectivity index is 3.03. The van der Waals surface area contributed by atoms with Crippen molar-refractivity contribution in [3.8, 4) is 0 Å². The number of fused-ring (bicyclic) bond motifs is 1. The maximum absolute atomic E-state index is 4.02. The molecule has 1 heterocycles. The molecule has 0 N–H and O–H groups in total. The lowest BCUT2D eigenvalue weighted by atomic mass is 10.2. The third-order valence-corrected chi connectivity index (χ3v) is 3.04. The van der Waals surface area contributed by atoms with Crippen LogP contribution in [0.5, 0.6) is 0 Å². The van der Waals surface area contributed by atoms with Crippen molar-refractivity contribution < 1.29 is 0 Å². The maximum atomic E-state index is 4.02. The molecule has 0 saturated heterocycles. The summed E-state index contributed by atoms with van der Waals surface area (Å²) in [6.07, 6.45) is 3.82. The van der Waals surface area contributed by atoms with E-state index in [1.54, 1.807) is 11.3 Å². The van der Waals surface area contributed by atoms with E-state index in [4.69, 9.17) is 0 Å². The Labute approximate surface area is 81.1 Å². The molecule has 0 spiro atoms. The van der Waals surface area contributed by atoms with Crippen molar-refractivity contribution in [2.24, 2.45) is 0 Å². The quantitative estimate of drug-likeness (QED) is 0.641. The van der Waals surface area contributed by atoms with Crippen LogP contribution in [-0.2, 0) is 0 Å². The van der Waals surface area contributed by atoms with Gasteiger partial charge >= 0.3 is 0 Å². The molecule has 1 aromatic heterocycles. The van der Waals surface area contributed by atoms with Gasteiger partial charge in [-0.3, -0.25) is 0 Å². The second-order valence-electron chi connectivity index (χ2n) is 2.84. The van der Waals surface area contributed by atoms with Crippen molar-refractivity contribution in [1.29, 1.82) is 0 Å². The van der Waals surface area contributed by atoms with Gasteiger partial charge in [-0.05, 0) is 11.3 Å². The maximum Gasteiger partial charge on any atom is 0.0355 e. The molecule has 13 heavy (non-hydrogen) atoms. The first-order valence-electron chi connectivity index (χ1n) is 4.12. The first-order chi connectivity index (χ1) is 6.33. The standard InChI is InChI=1S/C12H10S/c1-3-6-10-9(2)13-12-8-5-4-7-11(10)12/h3-8H,1-2H2/b10-6+. The topological polar surface area (TPSA) is 0 Å². The molecule has 64 valence electrons. The van der Waals surface area contributed by atoms with Gasteiger partial charge in [0.05, 0.1) is 0 Å². The van der Waals surface area contributed by atoms with E-state index in [2.05, 4.69) is 37.4 Å². The van der Waals surface area contributed by atoms with Crippen molar-refractivity contribution in [2.75, 3.05) is 0 Å². The first-order valence-corrected chi connectivity index (χ1v) is 4.94. The lowest BCUT2D eigenvalue weighted by Gasteiger charge is -1.85. The Morgan fingerprint density at radius 1 is 1.23 bits per heavy atom. The lowest BCUT2D eigenvalue weighted by Crippen LogP contribution is -2.15. The molecule has 0 saturated carbocycles. The van der Waals surface area contributed by atoms with Crippen LogP contribution in [0, 0.1) is 0 Å². The fourth-order valence-electron chi connectivity index (χ4n) is 1.42. The molecule has 0 bridgehead atoms. The molecule has 1 heteroatoms. The van der Waals surface area contributed by atoms with Gasteiger partial charge in [-0.2, -0.15) is 0 Å². The molecule has 0 aliphatic heterocycles. The van der Waals surface area contributed by atoms with Crippen LogP contribution < -0.4 is 9.75 Å². The van der Waals surface area contributed by atoms with Crippen molar-refractivity contribution in [2.45, 2.75) is 0 Å². The zero-order chi connectivity index (χ0) is 9.26. The molecule has 0 atom stereocenters. The Morgan fingerprint density at radius 3 is 2.77 bits per heavy atom. The first kappa shape index (κ1) is 8.27. The fraction of sp³-hybridized carbons (Fsp3) is 0. The fourth-order valence-corrected chi connectivity index (χ4v) is 2.40. The molecular formula is C12H10S. The van der Waals surface area contributed by atoms with Gasteiger partial charge in [0.25, 0.3) is 0 Å². The predicted molar refractivity (Wildman–Crippen MR) is 61.3 cm³/mol. The predicted octanol–water partition coefficient (Wildman–Crippen LogP) is 2.28. The molecule has 0 amide bonds. The van der Waals surface area contributed by atoms with Crippen LogP contribution in [0.1, 0.15) is 0 Å². The van der Waals surface area contributed by atoms with Gasteiger partial charge in [0.2, 0.25) is 0 Å². The highest BCUT2D eigenvalue weighted by molar-refractivity contribution is 7.17. The Hall–Kier alpha value is -1.34. The minimum absolute atomic E-state index is 1.11. The molecule has 0 aliphatic carbocycles. The van der Waals surface area contributed by atoms with Gasteiger partial charge in [0.15, 0.2) is 0 Å². The molecule has 0 nitrogen and oxygen atoms in total. The summed E-state index contributed by atoms with van der Waals surface area (Å²) < 4.78 is 2.40. The van der Waals surface area contributed by atoms with E-state index in [0.717, 1.165) is 4.53 Å². The Kier molecular flexibility index (Phi) is 2.03. The van der Waals surface area contributed by atoms with E-state index in [1.807, 2.05) is 12.2 Å². The molecule has 0 unspecified atom stereocenters. The Morgan fingerprint density at radius 2 is 2.00 bits per heavy atom. The van der Waals surface area contributed by atoms with E-state index < -0.39 is 0 Å². The van der Waals surface area contributed by atoms with Crippen LogP contribution in [0.2, 0.25) is 0 Å². The lowest BCUT2D eigenvalue weighted by molar-refractivity contribution is 1.77. The molecule has 1 aromatic carbocycles. The van der Waals surface area contributed by atoms with Crippen molar-refractivity contribution in [3.05, 3.63) is 46.7 Å². The van der Waals surface area contributed by atoms with Gasteiger partial charge in [0, 0.05) is 14.6 Å². The third-order valence-electron chi connectivity index (χ3n) is 2.00. The largest absolute Gasteiger partial charge is 0.136 e. The smallest absolute Gasteiger partial charge is 0.0355 e. The zero-order valence-electron chi connectivity index (χ0n) is 7.29. The van der Waals surface area contributed by atoms with Crippen molar-refractivity contribution in [1.82, 2.24) is 0 Å². The minimum atomic E-state index is 1.11. The summed E-state index contributed by atoms with van der Waals surface area (Å²) in [7, 11) is 0. The van der Waals surface area contributed by atoms with Crippen LogP contribution in [0.25, 0.3) is 22.7 Å². The van der Waals surface area contributed by atoms with Crippen molar-refractivity contribution >= 4 is 34.1 Å². The Bertz CT molecular complexity index is 546. The average molecular weight is 186 g/mol. The van der Waals surface area contributed by atoms with E-state index in [1.165, 1.54) is 15.3 Å². The second-order valence-corrected chi connectivity index (χ2v) is 3.97. The average Bonchev–Trinajstić information content (AvgIpc) is 2.44. The number of hydrogen-bond acceptors (Lipinski definition) is 1. The van der Waals surface area contributed by atoms with Crippen LogP contribution in [0.15, 0.2) is 36.9 Å². The van der Waals surface area contributed by atoms with Crippen LogP contribution >= 0.6 is 11.3 Å². The summed E-state index contributed by atoms with van der Waals surface area (Å²) in [5.41, 5.74) is 0. The molecule has 2 rings (SSSR count). The molecule has 0 radical (unpaired) electrons. The van der Waals surface area contributed by atoms with Gasteiger partial charge in [-0.25, -0.2) is 0 Å². The summed E-state index contributed by atoms with van der Waals surface area (Å²) >= 11 is 1.73. The van der Waals surface area contributed by atoms with E-state index in [0.29, 0.717) is 0 Å². The van der Waals surface area contributed by atoms with Crippen LogP contribution in [-0.4, -0.2) is 0 Å². The monoisotopic (exact) mass is 186 g/mol. The number of benzene rings is 1. The highest BCUT2D eigenvalue weighted by atomic mass is 32.1. The number of rotatable bonds is 1. The van der Waals surface area contributed by atoms with Gasteiger partial charge in [-0.1, -0.05) is 43.5 Å². The van der Waals surface area contributed by atoms with Gasteiger partial charge in [-0.15, -0.1) is 11.3 Å². The zero-order valence-corrected chi connectivity index (χ0v) is 8.10. The SMILES string of the molecule is C=C/C=c1\c(=C)sc2ccccc12. The summed E-state index contributed by atoms with van der Waals surface area (Å²) in [5.74, 6) is 0. The summed E-state index contributed by atoms with van der Waals surface area (Å²) in [4.78, 5) is 0. The van der Waals surface area contributed by atoms with Crippen molar-refractivity contribution in [3.63, 3.8) is 0 Å². The molecule has 2 aromatic rings. The molecule has 0 aliphatic rings. The van der Waals surface area contributed by atoms with Gasteiger partial charge in [0.1, 0.15) is 0 Å². The summed E-state index contributed by atoms with van der Waals surface area (Å²) in [5, 5.41) is 2.48. The number of hydrogen-bond donors (Lipinski definition) is 0. The normalized spacial score (nSPS) is 12.2.